The maximum absolute atomic E-state index is 11.4. The van der Waals surface area contributed by atoms with E-state index in [1.807, 2.05) is 0 Å². The first-order valence-corrected chi connectivity index (χ1v) is 4.38. The van der Waals surface area contributed by atoms with E-state index in [0.29, 0.717) is 5.39 Å². The quantitative estimate of drug-likeness (QED) is 0.717. The van der Waals surface area contributed by atoms with Crippen LogP contribution in [-0.2, 0) is 4.74 Å². The fourth-order valence-electron chi connectivity index (χ4n) is 1.42. The molecule has 0 aliphatic carbocycles. The summed E-state index contributed by atoms with van der Waals surface area (Å²) in [4.78, 5) is 15.3. The Hall–Kier alpha value is -2.10. The summed E-state index contributed by atoms with van der Waals surface area (Å²) >= 11 is 0. The molecule has 2 rings (SSSR count). The monoisotopic (exact) mass is 203 g/mol. The molecule has 1 N–H and O–H groups in total. The van der Waals surface area contributed by atoms with Gasteiger partial charge in [-0.3, -0.25) is 0 Å². The molecule has 0 saturated carbocycles. The van der Waals surface area contributed by atoms with Crippen LogP contribution in [-0.4, -0.2) is 23.2 Å². The molecule has 0 atom stereocenters. The molecule has 1 aromatic heterocycles. The van der Waals surface area contributed by atoms with E-state index in [1.165, 1.54) is 19.4 Å². The third kappa shape index (κ3) is 1.61. The van der Waals surface area contributed by atoms with Gasteiger partial charge in [0.25, 0.3) is 0 Å². The Morgan fingerprint density at radius 2 is 2.20 bits per heavy atom. The van der Waals surface area contributed by atoms with Crippen molar-refractivity contribution in [2.75, 3.05) is 7.11 Å². The highest BCUT2D eigenvalue weighted by Crippen LogP contribution is 2.21. The van der Waals surface area contributed by atoms with E-state index in [-0.39, 0.29) is 11.4 Å². The summed E-state index contributed by atoms with van der Waals surface area (Å²) in [7, 11) is 1.31. The summed E-state index contributed by atoms with van der Waals surface area (Å²) in [5.74, 6) is -0.323. The number of phenols is 1. The zero-order chi connectivity index (χ0) is 10.8. The van der Waals surface area contributed by atoms with E-state index < -0.39 is 5.97 Å². The molecule has 0 aliphatic rings. The Morgan fingerprint density at radius 1 is 1.40 bits per heavy atom. The molecule has 1 aromatic carbocycles. The van der Waals surface area contributed by atoms with Gasteiger partial charge in [0, 0.05) is 11.6 Å². The summed E-state index contributed by atoms with van der Waals surface area (Å²) < 4.78 is 4.61. The summed E-state index contributed by atoms with van der Waals surface area (Å²) in [6, 6.07) is 6.45. The lowest BCUT2D eigenvalue weighted by Crippen LogP contribution is -2.04. The van der Waals surface area contributed by atoms with Gasteiger partial charge in [-0.2, -0.15) is 0 Å². The molecule has 0 unspecified atom stereocenters. The lowest BCUT2D eigenvalue weighted by Gasteiger charge is -2.03. The number of pyridine rings is 1. The van der Waals surface area contributed by atoms with Gasteiger partial charge < -0.3 is 9.84 Å². The van der Waals surface area contributed by atoms with Crippen LogP contribution < -0.4 is 0 Å². The lowest BCUT2D eigenvalue weighted by molar-refractivity contribution is 0.0596. The first kappa shape index (κ1) is 9.45. The molecule has 0 radical (unpaired) electrons. The van der Waals surface area contributed by atoms with Crippen molar-refractivity contribution in [1.29, 1.82) is 0 Å². The van der Waals surface area contributed by atoms with Crippen LogP contribution in [0.25, 0.3) is 10.8 Å². The number of carbonyl (C=O) groups excluding carboxylic acids is 1. The maximum Gasteiger partial charge on any atom is 0.357 e. The Labute approximate surface area is 86.1 Å². The zero-order valence-corrected chi connectivity index (χ0v) is 8.10. The van der Waals surface area contributed by atoms with E-state index in [2.05, 4.69) is 9.72 Å². The molecular weight excluding hydrogens is 194 g/mol. The summed E-state index contributed by atoms with van der Waals surface area (Å²) in [5.41, 5.74) is 0.259. The second-order valence-corrected chi connectivity index (χ2v) is 3.06. The van der Waals surface area contributed by atoms with Gasteiger partial charge in [-0.15, -0.1) is 0 Å². The molecule has 0 saturated heterocycles. The summed E-state index contributed by atoms with van der Waals surface area (Å²) in [6.45, 7) is 0. The molecule has 4 nitrogen and oxygen atoms in total. The predicted octanol–water partition coefficient (Wildman–Crippen LogP) is 1.73. The van der Waals surface area contributed by atoms with Gasteiger partial charge in [0.15, 0.2) is 5.69 Å². The van der Waals surface area contributed by atoms with Crippen molar-refractivity contribution in [2.24, 2.45) is 0 Å². The van der Waals surface area contributed by atoms with Crippen LogP contribution in [0.15, 0.2) is 30.5 Å². The van der Waals surface area contributed by atoms with E-state index in [0.717, 1.165) is 5.39 Å². The number of phenolic OH excluding ortho intramolecular Hbond substituents is 1. The van der Waals surface area contributed by atoms with Gasteiger partial charge in [0.1, 0.15) is 5.75 Å². The SMILES string of the molecule is COC(=O)c1nccc2cc(O)ccc12. The number of hydrogen-bond donors (Lipinski definition) is 1. The number of methoxy groups -OCH3 is 1. The Bertz CT molecular complexity index is 522. The Morgan fingerprint density at radius 3 is 2.93 bits per heavy atom. The van der Waals surface area contributed by atoms with Crippen molar-refractivity contribution in [3.05, 3.63) is 36.2 Å². The largest absolute Gasteiger partial charge is 0.508 e. The van der Waals surface area contributed by atoms with Gasteiger partial charge in [0.2, 0.25) is 0 Å². The fraction of sp³-hybridized carbons (Fsp3) is 0.0909. The lowest BCUT2D eigenvalue weighted by atomic mass is 10.1. The second kappa shape index (κ2) is 3.57. The van der Waals surface area contributed by atoms with Crippen molar-refractivity contribution in [2.45, 2.75) is 0 Å². The maximum atomic E-state index is 11.4. The number of ether oxygens (including phenoxy) is 1. The minimum absolute atomic E-state index is 0.157. The van der Waals surface area contributed by atoms with Crippen molar-refractivity contribution in [3.8, 4) is 5.75 Å². The second-order valence-electron chi connectivity index (χ2n) is 3.06. The number of carbonyl (C=O) groups is 1. The predicted molar refractivity (Wildman–Crippen MR) is 54.7 cm³/mol. The number of benzene rings is 1. The number of hydrogen-bond acceptors (Lipinski definition) is 4. The molecule has 2 aromatic rings. The highest BCUT2D eigenvalue weighted by atomic mass is 16.5. The highest BCUT2D eigenvalue weighted by Gasteiger charge is 2.11. The summed E-state index contributed by atoms with van der Waals surface area (Å²) in [6.07, 6.45) is 1.51. The molecule has 15 heavy (non-hydrogen) atoms. The topological polar surface area (TPSA) is 59.4 Å². The van der Waals surface area contributed by atoms with Crippen molar-refractivity contribution >= 4 is 16.7 Å². The number of fused-ring (bicyclic) bond motifs is 1. The minimum Gasteiger partial charge on any atom is -0.508 e. The highest BCUT2D eigenvalue weighted by molar-refractivity contribution is 6.02. The summed E-state index contributed by atoms with van der Waals surface area (Å²) in [5, 5.41) is 10.7. The van der Waals surface area contributed by atoms with Crippen LogP contribution in [0, 0.1) is 0 Å². The number of aromatic hydroxyl groups is 1. The number of rotatable bonds is 1. The Balaban J connectivity index is 2.71. The molecule has 0 aliphatic heterocycles. The van der Waals surface area contributed by atoms with Crippen LogP contribution >= 0.6 is 0 Å². The zero-order valence-electron chi connectivity index (χ0n) is 8.10. The number of nitrogens with zero attached hydrogens (tertiary/aromatic N) is 1. The fourth-order valence-corrected chi connectivity index (χ4v) is 1.42. The van der Waals surface area contributed by atoms with Gasteiger partial charge in [0.05, 0.1) is 7.11 Å². The molecule has 76 valence electrons. The van der Waals surface area contributed by atoms with Gasteiger partial charge in [-0.05, 0) is 29.7 Å². The van der Waals surface area contributed by atoms with Crippen molar-refractivity contribution < 1.29 is 14.6 Å². The van der Waals surface area contributed by atoms with Gasteiger partial charge in [-0.1, -0.05) is 0 Å². The molecule has 0 bridgehead atoms. The average Bonchev–Trinajstić information content (AvgIpc) is 2.26. The molecule has 4 heteroatoms. The van der Waals surface area contributed by atoms with E-state index >= 15 is 0 Å². The van der Waals surface area contributed by atoms with Crippen molar-refractivity contribution in [1.82, 2.24) is 4.98 Å². The molecule has 0 spiro atoms. The van der Waals surface area contributed by atoms with Crippen LogP contribution in [0.5, 0.6) is 5.75 Å². The van der Waals surface area contributed by atoms with Crippen molar-refractivity contribution in [3.63, 3.8) is 0 Å². The molecule has 0 amide bonds. The minimum atomic E-state index is -0.480. The van der Waals surface area contributed by atoms with Crippen LogP contribution in [0.4, 0.5) is 0 Å². The van der Waals surface area contributed by atoms with E-state index in [9.17, 15) is 9.90 Å². The normalized spacial score (nSPS) is 10.2. The van der Waals surface area contributed by atoms with E-state index in [1.54, 1.807) is 18.2 Å². The van der Waals surface area contributed by atoms with Crippen LogP contribution in [0.3, 0.4) is 0 Å². The number of esters is 1. The molecular formula is C11H9NO3. The third-order valence-electron chi connectivity index (χ3n) is 2.13. The third-order valence-corrected chi connectivity index (χ3v) is 2.13. The molecule has 0 fully saturated rings. The van der Waals surface area contributed by atoms with Gasteiger partial charge >= 0.3 is 5.97 Å². The molecule has 1 heterocycles. The van der Waals surface area contributed by atoms with Crippen LogP contribution in [0.1, 0.15) is 10.5 Å². The number of aromatic nitrogens is 1. The van der Waals surface area contributed by atoms with Gasteiger partial charge in [-0.25, -0.2) is 9.78 Å². The smallest absolute Gasteiger partial charge is 0.357 e. The first-order valence-electron chi connectivity index (χ1n) is 4.38. The standard InChI is InChI=1S/C11H9NO3/c1-15-11(14)10-9-3-2-8(13)6-7(9)4-5-12-10/h2-6,13H,1H3. The Kier molecular flexibility index (Phi) is 2.25. The average molecular weight is 203 g/mol. The first-order chi connectivity index (χ1) is 7.22. The van der Waals surface area contributed by atoms with Crippen LogP contribution in [0.2, 0.25) is 0 Å². The van der Waals surface area contributed by atoms with E-state index in [4.69, 9.17) is 0 Å².